The average Bonchev–Trinajstić information content (AvgIpc) is 3.17. The zero-order valence-corrected chi connectivity index (χ0v) is 16.3. The molecule has 0 atom stereocenters. The molecular weight excluding hydrogens is 366 g/mol. The molecule has 6 heteroatoms. The number of anilines is 1. The van der Waals surface area contributed by atoms with Gasteiger partial charge in [-0.3, -0.25) is 9.78 Å². The van der Waals surface area contributed by atoms with Gasteiger partial charge in [0.1, 0.15) is 11.3 Å². The van der Waals surface area contributed by atoms with Gasteiger partial charge in [0.25, 0.3) is 5.91 Å². The molecule has 0 spiro atoms. The van der Waals surface area contributed by atoms with Crippen LogP contribution in [0.3, 0.4) is 0 Å². The van der Waals surface area contributed by atoms with Gasteiger partial charge in [-0.25, -0.2) is 4.98 Å². The second kappa shape index (κ2) is 8.14. The number of oxazole rings is 1. The van der Waals surface area contributed by atoms with Crippen molar-refractivity contribution in [3.8, 4) is 17.2 Å². The van der Waals surface area contributed by atoms with Crippen LogP contribution < -0.4 is 10.1 Å². The highest BCUT2D eigenvalue weighted by molar-refractivity contribution is 6.04. The van der Waals surface area contributed by atoms with E-state index >= 15 is 0 Å². The van der Waals surface area contributed by atoms with Crippen molar-refractivity contribution in [1.29, 1.82) is 0 Å². The summed E-state index contributed by atoms with van der Waals surface area (Å²) in [4.78, 5) is 21.2. The highest BCUT2D eigenvalue weighted by atomic mass is 16.5. The molecule has 1 N–H and O–H groups in total. The van der Waals surface area contributed by atoms with Gasteiger partial charge in [-0.2, -0.15) is 0 Å². The van der Waals surface area contributed by atoms with E-state index in [1.54, 1.807) is 30.6 Å². The number of aromatic nitrogens is 2. The molecule has 0 fully saturated rings. The van der Waals surface area contributed by atoms with E-state index in [0.717, 1.165) is 5.56 Å². The third-order valence-electron chi connectivity index (χ3n) is 4.24. The van der Waals surface area contributed by atoms with Crippen LogP contribution in [-0.4, -0.2) is 22.5 Å². The summed E-state index contributed by atoms with van der Waals surface area (Å²) in [5.74, 6) is 1.37. The molecule has 4 aromatic rings. The van der Waals surface area contributed by atoms with Gasteiger partial charge >= 0.3 is 0 Å². The Labute approximate surface area is 168 Å². The first-order chi connectivity index (χ1) is 14.1. The van der Waals surface area contributed by atoms with E-state index in [1.807, 2.05) is 36.4 Å². The molecule has 0 saturated heterocycles. The quantitative estimate of drug-likeness (QED) is 0.493. The minimum absolute atomic E-state index is 0.209. The molecule has 2 aromatic carbocycles. The van der Waals surface area contributed by atoms with Gasteiger partial charge in [0, 0.05) is 29.1 Å². The topological polar surface area (TPSA) is 77.2 Å². The molecule has 0 unspecified atom stereocenters. The molecule has 4 rings (SSSR count). The summed E-state index contributed by atoms with van der Waals surface area (Å²) in [7, 11) is 0. The predicted molar refractivity (Wildman–Crippen MR) is 112 cm³/mol. The maximum atomic E-state index is 12.7. The van der Waals surface area contributed by atoms with Crippen LogP contribution in [-0.2, 0) is 0 Å². The first-order valence-electron chi connectivity index (χ1n) is 9.44. The normalized spacial score (nSPS) is 11.0. The molecule has 1 amide bonds. The molecule has 0 radical (unpaired) electrons. The van der Waals surface area contributed by atoms with Crippen molar-refractivity contribution < 1.29 is 13.9 Å². The van der Waals surface area contributed by atoms with Gasteiger partial charge in [0.05, 0.1) is 12.8 Å². The Hall–Kier alpha value is -3.67. The molecule has 146 valence electrons. The van der Waals surface area contributed by atoms with Crippen LogP contribution >= 0.6 is 0 Å². The van der Waals surface area contributed by atoms with Gasteiger partial charge in [0.15, 0.2) is 5.58 Å². The number of benzene rings is 2. The molecule has 29 heavy (non-hydrogen) atoms. The lowest BCUT2D eigenvalue weighted by molar-refractivity contribution is 0.102. The van der Waals surface area contributed by atoms with E-state index in [2.05, 4.69) is 29.1 Å². The zero-order chi connectivity index (χ0) is 20.2. The largest absolute Gasteiger partial charge is 0.493 e. The standard InChI is InChI=1S/C23H21N3O3/c1-15(2)14-28-19-8-4-5-16(12-19)22(27)25-18-7-3-6-17(11-18)23-26-20-13-24-10-9-21(20)29-23/h3-13,15H,14H2,1-2H3,(H,25,27). The highest BCUT2D eigenvalue weighted by Crippen LogP contribution is 2.26. The van der Waals surface area contributed by atoms with E-state index in [0.29, 0.717) is 46.5 Å². The molecule has 2 heterocycles. The van der Waals surface area contributed by atoms with Gasteiger partial charge in [-0.05, 0) is 42.3 Å². The van der Waals surface area contributed by atoms with Gasteiger partial charge in [0.2, 0.25) is 5.89 Å². The smallest absolute Gasteiger partial charge is 0.255 e. The van der Waals surface area contributed by atoms with Crippen molar-refractivity contribution in [2.24, 2.45) is 5.92 Å². The molecule has 2 aromatic heterocycles. The molecular formula is C23H21N3O3. The van der Waals surface area contributed by atoms with Crippen molar-refractivity contribution in [1.82, 2.24) is 9.97 Å². The van der Waals surface area contributed by atoms with Crippen molar-refractivity contribution in [2.45, 2.75) is 13.8 Å². The summed E-state index contributed by atoms with van der Waals surface area (Å²) in [6.45, 7) is 4.76. The molecule has 0 saturated carbocycles. The Morgan fingerprint density at radius 3 is 2.83 bits per heavy atom. The number of hydrogen-bond donors (Lipinski definition) is 1. The van der Waals surface area contributed by atoms with Crippen LogP contribution in [0.15, 0.2) is 71.4 Å². The summed E-state index contributed by atoms with van der Waals surface area (Å²) in [6, 6.07) is 16.3. The third kappa shape index (κ3) is 4.43. The Balaban J connectivity index is 1.52. The van der Waals surface area contributed by atoms with E-state index in [-0.39, 0.29) is 5.91 Å². The number of nitrogens with one attached hydrogen (secondary N) is 1. The summed E-state index contributed by atoms with van der Waals surface area (Å²) in [5, 5.41) is 2.92. The molecule has 0 aliphatic heterocycles. The Bertz CT molecular complexity index is 1120. The lowest BCUT2D eigenvalue weighted by atomic mass is 10.1. The van der Waals surface area contributed by atoms with E-state index in [9.17, 15) is 4.79 Å². The number of amides is 1. The van der Waals surface area contributed by atoms with E-state index < -0.39 is 0 Å². The second-order valence-electron chi connectivity index (χ2n) is 7.13. The molecule has 0 aliphatic rings. The number of hydrogen-bond acceptors (Lipinski definition) is 5. The van der Waals surface area contributed by atoms with Gasteiger partial charge in [-0.15, -0.1) is 0 Å². The fourth-order valence-corrected chi connectivity index (χ4v) is 2.83. The Kier molecular flexibility index (Phi) is 5.24. The minimum Gasteiger partial charge on any atom is -0.493 e. The van der Waals surface area contributed by atoms with Crippen molar-refractivity contribution in [2.75, 3.05) is 11.9 Å². The number of rotatable bonds is 6. The Morgan fingerprint density at radius 1 is 1.14 bits per heavy atom. The first kappa shape index (κ1) is 18.7. The summed E-state index contributed by atoms with van der Waals surface area (Å²) < 4.78 is 11.5. The number of carbonyl (C=O) groups excluding carboxylic acids is 1. The predicted octanol–water partition coefficient (Wildman–Crippen LogP) is 5.18. The zero-order valence-electron chi connectivity index (χ0n) is 16.3. The fraction of sp³-hybridized carbons (Fsp3) is 0.174. The van der Waals surface area contributed by atoms with Crippen molar-refractivity contribution in [3.63, 3.8) is 0 Å². The lowest BCUT2D eigenvalue weighted by Gasteiger charge is -2.10. The van der Waals surface area contributed by atoms with Crippen LogP contribution in [0.5, 0.6) is 5.75 Å². The van der Waals surface area contributed by atoms with E-state index in [1.165, 1.54) is 0 Å². The summed E-state index contributed by atoms with van der Waals surface area (Å²) in [5.41, 5.74) is 3.32. The SMILES string of the molecule is CC(C)COc1cccc(C(=O)Nc2cccc(-c3nc4cnccc4o3)c2)c1. The number of fused-ring (bicyclic) bond motifs is 1. The lowest BCUT2D eigenvalue weighted by Crippen LogP contribution is -2.12. The van der Waals surface area contributed by atoms with Crippen molar-refractivity contribution >= 4 is 22.7 Å². The van der Waals surface area contributed by atoms with Crippen LogP contribution in [0, 0.1) is 5.92 Å². The number of pyridine rings is 1. The second-order valence-corrected chi connectivity index (χ2v) is 7.13. The maximum Gasteiger partial charge on any atom is 0.255 e. The fourth-order valence-electron chi connectivity index (χ4n) is 2.83. The van der Waals surface area contributed by atoms with Gasteiger partial charge in [-0.1, -0.05) is 26.0 Å². The highest BCUT2D eigenvalue weighted by Gasteiger charge is 2.11. The minimum atomic E-state index is -0.209. The first-order valence-corrected chi connectivity index (χ1v) is 9.44. The monoisotopic (exact) mass is 387 g/mol. The van der Waals surface area contributed by atoms with Crippen LogP contribution in [0.2, 0.25) is 0 Å². The average molecular weight is 387 g/mol. The van der Waals surface area contributed by atoms with Crippen LogP contribution in [0.25, 0.3) is 22.6 Å². The van der Waals surface area contributed by atoms with Crippen LogP contribution in [0.4, 0.5) is 5.69 Å². The number of carbonyl (C=O) groups is 1. The maximum absolute atomic E-state index is 12.7. The third-order valence-corrected chi connectivity index (χ3v) is 4.24. The number of ether oxygens (including phenoxy) is 1. The van der Waals surface area contributed by atoms with Crippen molar-refractivity contribution in [3.05, 3.63) is 72.6 Å². The summed E-state index contributed by atoms with van der Waals surface area (Å²) in [6.07, 6.45) is 3.31. The van der Waals surface area contributed by atoms with Gasteiger partial charge < -0.3 is 14.5 Å². The molecule has 6 nitrogen and oxygen atoms in total. The van der Waals surface area contributed by atoms with E-state index in [4.69, 9.17) is 9.15 Å². The Morgan fingerprint density at radius 2 is 2.00 bits per heavy atom. The number of nitrogens with zero attached hydrogens (tertiary/aromatic N) is 2. The molecule has 0 aliphatic carbocycles. The molecule has 0 bridgehead atoms. The summed E-state index contributed by atoms with van der Waals surface area (Å²) >= 11 is 0. The van der Waals surface area contributed by atoms with Crippen LogP contribution in [0.1, 0.15) is 24.2 Å².